The van der Waals surface area contributed by atoms with Gasteiger partial charge in [-0.1, -0.05) is 18.2 Å². The van der Waals surface area contributed by atoms with E-state index in [1.54, 1.807) is 12.1 Å². The molecule has 0 saturated carbocycles. The van der Waals surface area contributed by atoms with Crippen LogP contribution < -0.4 is 10.2 Å². The minimum atomic E-state index is -0.429. The Labute approximate surface area is 143 Å². The average Bonchev–Trinajstić information content (AvgIpc) is 3.11. The Bertz CT molecular complexity index is 935. The van der Waals surface area contributed by atoms with Gasteiger partial charge >= 0.3 is 0 Å². The van der Waals surface area contributed by atoms with Crippen molar-refractivity contribution in [3.63, 3.8) is 0 Å². The Hall–Kier alpha value is -2.73. The van der Waals surface area contributed by atoms with Crippen LogP contribution >= 0.6 is 12.2 Å². The molecule has 0 aliphatic carbocycles. The van der Waals surface area contributed by atoms with Gasteiger partial charge in [0.1, 0.15) is 11.9 Å². The third-order valence-electron chi connectivity index (χ3n) is 4.20. The van der Waals surface area contributed by atoms with E-state index >= 15 is 0 Å². The van der Waals surface area contributed by atoms with Gasteiger partial charge in [0.2, 0.25) is 0 Å². The fourth-order valence-corrected chi connectivity index (χ4v) is 3.36. The number of halogens is 1. The molecule has 1 saturated heterocycles. The van der Waals surface area contributed by atoms with E-state index in [-0.39, 0.29) is 11.7 Å². The smallest absolute Gasteiger partial charge is 0.256 e. The number of hydrogen-bond acceptors (Lipinski definition) is 2. The summed E-state index contributed by atoms with van der Waals surface area (Å²) in [6, 6.07) is 13.3. The molecule has 0 unspecified atom stereocenters. The normalized spacial score (nSPS) is 17.5. The number of nitrogens with zero attached hydrogens (tertiary/aromatic N) is 1. The number of fused-ring (bicyclic) bond motifs is 1. The summed E-state index contributed by atoms with van der Waals surface area (Å²) in [7, 11) is 0. The van der Waals surface area contributed by atoms with Gasteiger partial charge in [0.15, 0.2) is 5.11 Å². The van der Waals surface area contributed by atoms with Crippen molar-refractivity contribution in [3.8, 4) is 0 Å². The first-order valence-electron chi connectivity index (χ1n) is 7.58. The molecule has 0 radical (unpaired) electrons. The van der Waals surface area contributed by atoms with Crippen molar-refractivity contribution in [2.24, 2.45) is 0 Å². The van der Waals surface area contributed by atoms with E-state index in [9.17, 15) is 9.18 Å². The largest absolute Gasteiger partial charge is 0.361 e. The van der Waals surface area contributed by atoms with E-state index in [1.807, 2.05) is 30.5 Å². The van der Waals surface area contributed by atoms with Crippen LogP contribution in [0.2, 0.25) is 0 Å². The summed E-state index contributed by atoms with van der Waals surface area (Å²) in [5.74, 6) is -0.475. The number of amides is 1. The Morgan fingerprint density at radius 3 is 2.67 bits per heavy atom. The van der Waals surface area contributed by atoms with E-state index in [0.29, 0.717) is 17.2 Å². The van der Waals surface area contributed by atoms with Gasteiger partial charge in [0.25, 0.3) is 5.91 Å². The molecule has 2 N–H and O–H groups in total. The molecule has 1 atom stereocenters. The summed E-state index contributed by atoms with van der Waals surface area (Å²) in [6.45, 7) is 0. The number of rotatable bonds is 3. The Kier molecular flexibility index (Phi) is 3.54. The number of anilines is 1. The van der Waals surface area contributed by atoms with E-state index < -0.39 is 6.04 Å². The molecule has 1 aliphatic heterocycles. The zero-order chi connectivity index (χ0) is 16.7. The number of aromatic nitrogens is 1. The average molecular weight is 339 g/mol. The molecule has 1 fully saturated rings. The lowest BCUT2D eigenvalue weighted by molar-refractivity contribution is -0.118. The minimum Gasteiger partial charge on any atom is -0.361 e. The summed E-state index contributed by atoms with van der Waals surface area (Å²) in [5, 5.41) is 4.51. The van der Waals surface area contributed by atoms with Crippen molar-refractivity contribution in [1.29, 1.82) is 0 Å². The van der Waals surface area contributed by atoms with Crippen molar-refractivity contribution >= 4 is 39.8 Å². The molecule has 1 aromatic heterocycles. The Morgan fingerprint density at radius 2 is 1.88 bits per heavy atom. The second-order valence-electron chi connectivity index (χ2n) is 5.72. The lowest BCUT2D eigenvalue weighted by Crippen LogP contribution is -2.32. The first-order chi connectivity index (χ1) is 11.6. The molecule has 4 rings (SSSR count). The molecule has 6 heteroatoms. The van der Waals surface area contributed by atoms with Gasteiger partial charge in [-0.2, -0.15) is 0 Å². The summed E-state index contributed by atoms with van der Waals surface area (Å²) in [6.07, 6.45) is 2.45. The topological polar surface area (TPSA) is 48.1 Å². The van der Waals surface area contributed by atoms with Gasteiger partial charge in [-0.25, -0.2) is 4.39 Å². The van der Waals surface area contributed by atoms with Crippen LogP contribution in [0, 0.1) is 5.82 Å². The lowest BCUT2D eigenvalue weighted by atomic mass is 10.0. The summed E-state index contributed by atoms with van der Waals surface area (Å²) in [4.78, 5) is 17.4. The predicted octanol–water partition coefficient (Wildman–Crippen LogP) is 3.14. The highest BCUT2D eigenvalue weighted by Gasteiger charge is 2.36. The first kappa shape index (κ1) is 14.8. The van der Waals surface area contributed by atoms with Gasteiger partial charge in [-0.3, -0.25) is 9.69 Å². The third kappa shape index (κ3) is 2.45. The SMILES string of the molecule is O=C1[C@@H](Cc2c[nH]c3ccccc23)NC(=S)N1c1ccc(F)cc1. The van der Waals surface area contributed by atoms with Crippen molar-refractivity contribution < 1.29 is 9.18 Å². The number of H-pyrrole nitrogens is 1. The number of carbonyl (C=O) groups is 1. The second kappa shape index (κ2) is 5.72. The standard InChI is InChI=1S/C18H14FN3OS/c19-12-5-7-13(8-6-12)22-17(23)16(21-18(22)24)9-11-10-20-15-4-2-1-3-14(11)15/h1-8,10,16,20H,9H2,(H,21,24)/t16-/m1/s1. The quantitative estimate of drug-likeness (QED) is 0.721. The van der Waals surface area contributed by atoms with Gasteiger partial charge in [0, 0.05) is 23.5 Å². The van der Waals surface area contributed by atoms with Crippen molar-refractivity contribution in [2.75, 3.05) is 4.90 Å². The molecule has 4 nitrogen and oxygen atoms in total. The molecule has 2 heterocycles. The zero-order valence-corrected chi connectivity index (χ0v) is 13.4. The molecule has 0 bridgehead atoms. The van der Waals surface area contributed by atoms with Gasteiger partial charge < -0.3 is 10.3 Å². The first-order valence-corrected chi connectivity index (χ1v) is 7.99. The van der Waals surface area contributed by atoms with Crippen LogP contribution in [-0.2, 0) is 11.2 Å². The van der Waals surface area contributed by atoms with Gasteiger partial charge in [-0.05, 0) is 48.1 Å². The molecular weight excluding hydrogens is 325 g/mol. The number of benzene rings is 2. The number of hydrogen-bond donors (Lipinski definition) is 2. The number of carbonyl (C=O) groups excluding carboxylic acids is 1. The molecule has 1 aliphatic rings. The molecular formula is C18H14FN3OS. The molecule has 3 aromatic rings. The number of para-hydroxylation sites is 1. The highest BCUT2D eigenvalue weighted by molar-refractivity contribution is 7.80. The van der Waals surface area contributed by atoms with Crippen molar-refractivity contribution in [3.05, 3.63) is 66.1 Å². The van der Waals surface area contributed by atoms with Crippen LogP contribution in [0.5, 0.6) is 0 Å². The van der Waals surface area contributed by atoms with Crippen molar-refractivity contribution in [2.45, 2.75) is 12.5 Å². The van der Waals surface area contributed by atoms with E-state index in [2.05, 4.69) is 10.3 Å². The zero-order valence-electron chi connectivity index (χ0n) is 12.6. The molecule has 24 heavy (non-hydrogen) atoms. The molecule has 0 spiro atoms. The van der Waals surface area contributed by atoms with Gasteiger partial charge in [-0.15, -0.1) is 0 Å². The Morgan fingerprint density at radius 1 is 1.12 bits per heavy atom. The number of thiocarbonyl (C=S) groups is 1. The summed E-state index contributed by atoms with van der Waals surface area (Å²) in [5.41, 5.74) is 2.66. The van der Waals surface area contributed by atoms with Crippen LogP contribution in [0.15, 0.2) is 54.7 Å². The fourth-order valence-electron chi connectivity index (χ4n) is 3.02. The van der Waals surface area contributed by atoms with Crippen LogP contribution in [-0.4, -0.2) is 22.0 Å². The maximum Gasteiger partial charge on any atom is 0.256 e. The third-order valence-corrected chi connectivity index (χ3v) is 4.50. The van der Waals surface area contributed by atoms with Gasteiger partial charge in [0.05, 0.1) is 5.69 Å². The monoisotopic (exact) mass is 339 g/mol. The summed E-state index contributed by atoms with van der Waals surface area (Å²) < 4.78 is 13.1. The molecule has 2 aromatic carbocycles. The number of aromatic amines is 1. The van der Waals surface area contributed by atoms with Crippen LogP contribution in [0.1, 0.15) is 5.56 Å². The Balaban J connectivity index is 1.60. The maximum absolute atomic E-state index is 13.1. The van der Waals surface area contributed by atoms with Crippen molar-refractivity contribution in [1.82, 2.24) is 10.3 Å². The fraction of sp³-hybridized carbons (Fsp3) is 0.111. The predicted molar refractivity (Wildman–Crippen MR) is 95.4 cm³/mol. The summed E-state index contributed by atoms with van der Waals surface area (Å²) >= 11 is 5.29. The minimum absolute atomic E-state index is 0.128. The highest BCUT2D eigenvalue weighted by Crippen LogP contribution is 2.24. The second-order valence-corrected chi connectivity index (χ2v) is 6.10. The highest BCUT2D eigenvalue weighted by atomic mass is 32.1. The lowest BCUT2D eigenvalue weighted by Gasteiger charge is -2.14. The van der Waals surface area contributed by atoms with Crippen LogP contribution in [0.4, 0.5) is 10.1 Å². The molecule has 120 valence electrons. The van der Waals surface area contributed by atoms with Crippen LogP contribution in [0.3, 0.4) is 0 Å². The molecule has 1 amide bonds. The number of nitrogens with one attached hydrogen (secondary N) is 2. The maximum atomic E-state index is 13.1. The van der Waals surface area contributed by atoms with E-state index in [1.165, 1.54) is 17.0 Å². The van der Waals surface area contributed by atoms with Crippen LogP contribution in [0.25, 0.3) is 10.9 Å². The van der Waals surface area contributed by atoms with E-state index in [0.717, 1.165) is 16.5 Å². The van der Waals surface area contributed by atoms with E-state index in [4.69, 9.17) is 12.2 Å².